The Morgan fingerprint density at radius 2 is 2.04 bits per heavy atom. The van der Waals surface area contributed by atoms with Gasteiger partial charge in [-0.05, 0) is 47.1 Å². The third kappa shape index (κ3) is 3.54. The number of nitrogens with one attached hydrogen (secondary N) is 1. The Morgan fingerprint density at radius 3 is 2.79 bits per heavy atom. The largest absolute Gasteiger partial charge is 0.495 e. The first kappa shape index (κ1) is 19.0. The predicted molar refractivity (Wildman–Crippen MR) is 115 cm³/mol. The van der Waals surface area contributed by atoms with Gasteiger partial charge in [-0.1, -0.05) is 39.4 Å². The zero-order chi connectivity index (χ0) is 19.8. The highest BCUT2D eigenvalue weighted by Gasteiger charge is 2.17. The first-order chi connectivity index (χ1) is 13.5. The van der Waals surface area contributed by atoms with Crippen molar-refractivity contribution in [1.82, 2.24) is 19.8 Å². The third-order valence-corrected chi connectivity index (χ3v) is 5.97. The third-order valence-electron chi connectivity index (χ3n) is 3.97. The molecule has 0 aliphatic rings. The summed E-state index contributed by atoms with van der Waals surface area (Å²) in [5.74, 6) is 0.931. The van der Waals surface area contributed by atoms with Gasteiger partial charge in [0.15, 0.2) is 5.82 Å². The maximum absolute atomic E-state index is 12.8. The number of aryl methyl sites for hydroxylation is 1. The van der Waals surface area contributed by atoms with Crippen molar-refractivity contribution in [2.75, 3.05) is 12.4 Å². The number of aromatic nitrogens is 4. The Kier molecular flexibility index (Phi) is 5.17. The molecule has 4 aromatic rings. The average molecular weight is 523 g/mol. The first-order valence-corrected chi connectivity index (χ1v) is 10.5. The summed E-state index contributed by atoms with van der Waals surface area (Å²) in [5.41, 5.74) is 1.96. The molecule has 0 saturated carbocycles. The van der Waals surface area contributed by atoms with E-state index in [9.17, 15) is 4.79 Å². The van der Waals surface area contributed by atoms with Gasteiger partial charge in [0.05, 0.1) is 17.1 Å². The highest BCUT2D eigenvalue weighted by molar-refractivity contribution is 9.11. The van der Waals surface area contributed by atoms with Gasteiger partial charge in [0.1, 0.15) is 10.8 Å². The van der Waals surface area contributed by atoms with Crippen molar-refractivity contribution >= 4 is 59.8 Å². The number of nitrogens with zero attached hydrogens (tertiary/aromatic N) is 4. The van der Waals surface area contributed by atoms with E-state index in [4.69, 9.17) is 4.74 Å². The number of ether oxygens (including phenoxy) is 1. The van der Waals surface area contributed by atoms with Crippen LogP contribution in [0.2, 0.25) is 0 Å². The summed E-state index contributed by atoms with van der Waals surface area (Å²) in [6, 6.07) is 11.0. The molecule has 0 saturated heterocycles. The van der Waals surface area contributed by atoms with Crippen LogP contribution < -0.4 is 10.1 Å². The molecule has 7 nitrogen and oxygen atoms in total. The molecule has 0 radical (unpaired) electrons. The smallest absolute Gasteiger partial charge is 0.259 e. The topological polar surface area (TPSA) is 81.4 Å². The summed E-state index contributed by atoms with van der Waals surface area (Å²) in [5, 5.41) is 16.3. The number of hydrogen-bond acceptors (Lipinski definition) is 6. The van der Waals surface area contributed by atoms with Crippen LogP contribution in [0.5, 0.6) is 5.75 Å². The second-order valence-corrected chi connectivity index (χ2v) is 8.58. The van der Waals surface area contributed by atoms with Crippen LogP contribution >= 0.6 is 43.2 Å². The van der Waals surface area contributed by atoms with E-state index in [0.29, 0.717) is 21.5 Å². The standard InChI is InChI=1S/C18H13Br2N5O2S/c1-9-22-23-18-25(9)24-17(28-18)10-4-3-5-12(6-10)21-16(26)13-7-11(19)8-14(20)15(13)27-2/h3-8H,1-2H3,(H,21,26). The van der Waals surface area contributed by atoms with Crippen LogP contribution in [0, 0.1) is 6.92 Å². The fourth-order valence-electron chi connectivity index (χ4n) is 2.70. The van der Waals surface area contributed by atoms with E-state index in [1.165, 1.54) is 18.4 Å². The van der Waals surface area contributed by atoms with Crippen molar-refractivity contribution < 1.29 is 9.53 Å². The summed E-state index contributed by atoms with van der Waals surface area (Å²) < 4.78 is 8.54. The summed E-state index contributed by atoms with van der Waals surface area (Å²) in [4.78, 5) is 13.5. The Balaban J connectivity index is 1.64. The molecule has 0 spiro atoms. The molecule has 2 aromatic heterocycles. The van der Waals surface area contributed by atoms with Crippen molar-refractivity contribution in [3.8, 4) is 16.3 Å². The molecule has 28 heavy (non-hydrogen) atoms. The Hall–Kier alpha value is -2.30. The van der Waals surface area contributed by atoms with Gasteiger partial charge < -0.3 is 10.1 Å². The summed E-state index contributed by atoms with van der Waals surface area (Å²) in [6.07, 6.45) is 0. The van der Waals surface area contributed by atoms with E-state index in [1.807, 2.05) is 37.3 Å². The molecule has 1 amide bonds. The lowest BCUT2D eigenvalue weighted by atomic mass is 10.1. The molecule has 0 fully saturated rings. The molecule has 0 atom stereocenters. The molecular weight excluding hydrogens is 510 g/mol. The molecule has 142 valence electrons. The molecule has 2 aromatic carbocycles. The van der Waals surface area contributed by atoms with Crippen LogP contribution in [0.1, 0.15) is 16.2 Å². The number of halogens is 2. The van der Waals surface area contributed by atoms with Crippen LogP contribution in [0.15, 0.2) is 45.3 Å². The van der Waals surface area contributed by atoms with Gasteiger partial charge >= 0.3 is 0 Å². The SMILES string of the molecule is COc1c(Br)cc(Br)cc1C(=O)Nc1cccc(-c2nn3c(C)nnc3s2)c1. The van der Waals surface area contributed by atoms with Crippen molar-refractivity contribution in [3.05, 3.63) is 56.7 Å². The van der Waals surface area contributed by atoms with Crippen molar-refractivity contribution in [3.63, 3.8) is 0 Å². The molecule has 0 aliphatic carbocycles. The highest BCUT2D eigenvalue weighted by atomic mass is 79.9. The molecular formula is C18H13Br2N5O2S. The normalized spacial score (nSPS) is 11.0. The molecule has 0 unspecified atom stereocenters. The predicted octanol–water partition coefficient (Wildman–Crippen LogP) is 4.95. The minimum absolute atomic E-state index is 0.273. The molecule has 0 bridgehead atoms. The Labute approximate surface area is 181 Å². The minimum Gasteiger partial charge on any atom is -0.495 e. The molecule has 4 rings (SSSR count). The zero-order valence-corrected chi connectivity index (χ0v) is 18.7. The van der Waals surface area contributed by atoms with Crippen molar-refractivity contribution in [1.29, 1.82) is 0 Å². The summed E-state index contributed by atoms with van der Waals surface area (Å²) in [7, 11) is 1.53. The maximum atomic E-state index is 12.8. The van der Waals surface area contributed by atoms with E-state index in [-0.39, 0.29) is 5.91 Å². The second kappa shape index (κ2) is 7.61. The van der Waals surface area contributed by atoms with Gasteiger partial charge in [0, 0.05) is 15.7 Å². The van der Waals surface area contributed by atoms with E-state index >= 15 is 0 Å². The zero-order valence-electron chi connectivity index (χ0n) is 14.7. The monoisotopic (exact) mass is 521 g/mol. The van der Waals surface area contributed by atoms with Gasteiger partial charge in [-0.15, -0.1) is 10.2 Å². The molecule has 10 heteroatoms. The van der Waals surface area contributed by atoms with Gasteiger partial charge in [0.25, 0.3) is 5.91 Å². The number of methoxy groups -OCH3 is 1. The fourth-order valence-corrected chi connectivity index (χ4v) is 4.96. The van der Waals surface area contributed by atoms with Gasteiger partial charge in [-0.25, -0.2) is 0 Å². The van der Waals surface area contributed by atoms with Crippen molar-refractivity contribution in [2.24, 2.45) is 0 Å². The lowest BCUT2D eigenvalue weighted by Gasteiger charge is -2.12. The van der Waals surface area contributed by atoms with Crippen LogP contribution in [0.3, 0.4) is 0 Å². The molecule has 1 N–H and O–H groups in total. The summed E-state index contributed by atoms with van der Waals surface area (Å²) in [6.45, 7) is 1.85. The number of hydrogen-bond donors (Lipinski definition) is 1. The van der Waals surface area contributed by atoms with E-state index < -0.39 is 0 Å². The van der Waals surface area contributed by atoms with E-state index in [1.54, 1.807) is 10.6 Å². The summed E-state index contributed by atoms with van der Waals surface area (Å²) >= 11 is 8.26. The van der Waals surface area contributed by atoms with Crippen LogP contribution in [-0.2, 0) is 0 Å². The van der Waals surface area contributed by atoms with Crippen LogP contribution in [0.4, 0.5) is 5.69 Å². The number of fused-ring (bicyclic) bond motifs is 1. The maximum Gasteiger partial charge on any atom is 0.259 e. The van der Waals surface area contributed by atoms with Gasteiger partial charge in [-0.2, -0.15) is 9.61 Å². The molecule has 0 aliphatic heterocycles. The number of benzene rings is 2. The average Bonchev–Trinajstić information content (AvgIpc) is 3.24. The fraction of sp³-hybridized carbons (Fsp3) is 0.111. The van der Waals surface area contributed by atoms with E-state index in [2.05, 4.69) is 52.5 Å². The van der Waals surface area contributed by atoms with Crippen LogP contribution in [0.25, 0.3) is 15.5 Å². The van der Waals surface area contributed by atoms with Gasteiger partial charge in [0.2, 0.25) is 4.96 Å². The lowest BCUT2D eigenvalue weighted by Crippen LogP contribution is -2.13. The number of rotatable bonds is 4. The number of amides is 1. The number of anilines is 1. The lowest BCUT2D eigenvalue weighted by molar-refractivity contribution is 0.102. The number of carbonyl (C=O) groups excluding carboxylic acids is 1. The van der Waals surface area contributed by atoms with E-state index in [0.717, 1.165) is 25.8 Å². The minimum atomic E-state index is -0.273. The Bertz CT molecular complexity index is 1200. The highest BCUT2D eigenvalue weighted by Crippen LogP contribution is 2.33. The Morgan fingerprint density at radius 1 is 1.21 bits per heavy atom. The van der Waals surface area contributed by atoms with Crippen molar-refractivity contribution in [2.45, 2.75) is 6.92 Å². The quantitative estimate of drug-likeness (QED) is 0.410. The van der Waals surface area contributed by atoms with Gasteiger partial charge in [-0.3, -0.25) is 4.79 Å². The first-order valence-electron chi connectivity index (χ1n) is 8.10. The number of carbonyl (C=O) groups is 1. The molecule has 2 heterocycles. The second-order valence-electron chi connectivity index (χ2n) is 5.85. The van der Waals surface area contributed by atoms with Crippen LogP contribution in [-0.4, -0.2) is 32.8 Å².